The third-order valence-corrected chi connectivity index (χ3v) is 6.98. The Balaban J connectivity index is 1.64. The summed E-state index contributed by atoms with van der Waals surface area (Å²) in [5.74, 6) is 1.85. The lowest BCUT2D eigenvalue weighted by atomic mass is 9.80. The van der Waals surface area contributed by atoms with Crippen LogP contribution in [0.2, 0.25) is 0 Å². The van der Waals surface area contributed by atoms with Gasteiger partial charge in [0.05, 0.1) is 17.6 Å². The van der Waals surface area contributed by atoms with Gasteiger partial charge in [-0.15, -0.1) is 11.3 Å². The van der Waals surface area contributed by atoms with Gasteiger partial charge in [-0.2, -0.15) is 0 Å². The maximum Gasteiger partial charge on any atom is 0.233 e. The van der Waals surface area contributed by atoms with Gasteiger partial charge < -0.3 is 0 Å². The third kappa shape index (κ3) is 3.35. The second-order valence-electron chi connectivity index (χ2n) is 8.70. The van der Waals surface area contributed by atoms with Crippen LogP contribution in [0, 0.1) is 13.8 Å². The fourth-order valence-electron chi connectivity index (χ4n) is 4.49. The lowest BCUT2D eigenvalue weighted by Gasteiger charge is -2.39. The SMILES string of the molecule is Cc1ncsc1CN1CCC[C@@](C)(c2nc(C)c3c(n2)N(C(C)C)C(=O)C3)C1. The van der Waals surface area contributed by atoms with Gasteiger partial charge >= 0.3 is 0 Å². The number of aromatic nitrogens is 3. The van der Waals surface area contributed by atoms with Crippen molar-refractivity contribution in [2.45, 2.75) is 71.9 Å². The Morgan fingerprint density at radius 1 is 1.25 bits per heavy atom. The minimum absolute atomic E-state index is 0.106. The van der Waals surface area contributed by atoms with Crippen molar-refractivity contribution in [3.8, 4) is 0 Å². The highest BCUT2D eigenvalue weighted by Gasteiger charge is 2.39. The van der Waals surface area contributed by atoms with Gasteiger partial charge in [0, 0.05) is 40.7 Å². The van der Waals surface area contributed by atoms with Gasteiger partial charge in [0.2, 0.25) is 5.91 Å². The lowest BCUT2D eigenvalue weighted by Crippen LogP contribution is -2.45. The highest BCUT2D eigenvalue weighted by Crippen LogP contribution is 2.37. The number of nitrogens with zero attached hydrogens (tertiary/aromatic N) is 5. The van der Waals surface area contributed by atoms with Gasteiger partial charge in [0.25, 0.3) is 0 Å². The van der Waals surface area contributed by atoms with E-state index in [0.29, 0.717) is 6.42 Å². The molecular weight excluding hydrogens is 370 g/mol. The van der Waals surface area contributed by atoms with Crippen molar-refractivity contribution in [3.05, 3.63) is 33.2 Å². The van der Waals surface area contributed by atoms with Gasteiger partial charge in [0.15, 0.2) is 0 Å². The first-order chi connectivity index (χ1) is 13.3. The van der Waals surface area contributed by atoms with Gasteiger partial charge in [0.1, 0.15) is 11.6 Å². The average molecular weight is 400 g/mol. The molecule has 0 N–H and O–H groups in total. The van der Waals surface area contributed by atoms with Crippen LogP contribution in [0.15, 0.2) is 5.51 Å². The number of fused-ring (bicyclic) bond motifs is 1. The Kier molecular flexibility index (Phi) is 5.00. The minimum Gasteiger partial charge on any atom is -0.297 e. The van der Waals surface area contributed by atoms with Crippen molar-refractivity contribution < 1.29 is 4.79 Å². The molecule has 150 valence electrons. The number of likely N-dealkylation sites (tertiary alicyclic amines) is 1. The Bertz CT molecular complexity index is 908. The summed E-state index contributed by atoms with van der Waals surface area (Å²) in [6.07, 6.45) is 2.62. The largest absolute Gasteiger partial charge is 0.297 e. The van der Waals surface area contributed by atoms with Crippen LogP contribution in [0.5, 0.6) is 0 Å². The monoisotopic (exact) mass is 399 g/mol. The number of thiazole rings is 1. The number of hydrogen-bond donors (Lipinski definition) is 0. The predicted molar refractivity (Wildman–Crippen MR) is 112 cm³/mol. The van der Waals surface area contributed by atoms with Crippen molar-refractivity contribution in [2.24, 2.45) is 0 Å². The van der Waals surface area contributed by atoms with Gasteiger partial charge in [-0.05, 0) is 47.1 Å². The summed E-state index contributed by atoms with van der Waals surface area (Å²) < 4.78 is 0. The summed E-state index contributed by atoms with van der Waals surface area (Å²) in [5, 5.41) is 0. The molecule has 2 aromatic rings. The zero-order chi connectivity index (χ0) is 20.1. The lowest BCUT2D eigenvalue weighted by molar-refractivity contribution is -0.117. The molecule has 0 saturated carbocycles. The van der Waals surface area contributed by atoms with Crippen molar-refractivity contribution in [1.82, 2.24) is 19.9 Å². The molecule has 7 heteroatoms. The van der Waals surface area contributed by atoms with Crippen molar-refractivity contribution >= 4 is 23.1 Å². The second kappa shape index (κ2) is 7.19. The Labute approximate surface area is 171 Å². The number of carbonyl (C=O) groups is 1. The van der Waals surface area contributed by atoms with Crippen molar-refractivity contribution in [3.63, 3.8) is 0 Å². The molecule has 0 unspecified atom stereocenters. The first-order valence-electron chi connectivity index (χ1n) is 10.1. The Hall–Kier alpha value is -1.86. The number of carbonyl (C=O) groups excluding carboxylic acids is 1. The van der Waals surface area contributed by atoms with E-state index < -0.39 is 0 Å². The van der Waals surface area contributed by atoms with Gasteiger partial charge in [-0.25, -0.2) is 15.0 Å². The van der Waals surface area contributed by atoms with E-state index in [-0.39, 0.29) is 17.4 Å². The predicted octanol–water partition coefficient (Wildman–Crippen LogP) is 3.40. The molecule has 0 aliphatic carbocycles. The second-order valence-corrected chi connectivity index (χ2v) is 9.64. The van der Waals surface area contributed by atoms with Crippen LogP contribution in [0.4, 0.5) is 5.82 Å². The highest BCUT2D eigenvalue weighted by molar-refractivity contribution is 7.09. The summed E-state index contributed by atoms with van der Waals surface area (Å²) in [5.41, 5.74) is 4.91. The average Bonchev–Trinajstić information content (AvgIpc) is 3.18. The number of hydrogen-bond acceptors (Lipinski definition) is 6. The standard InChI is InChI=1S/C21H29N5OS/c1-13(2)26-18(27)9-16-14(3)23-20(24-19(16)26)21(5)7-6-8-25(11-21)10-17-15(4)22-12-28-17/h12-13H,6-11H2,1-5H3/t21-/m1/s1. The van der Waals surface area contributed by atoms with E-state index in [1.165, 1.54) is 4.88 Å². The van der Waals surface area contributed by atoms with Crippen molar-refractivity contribution in [2.75, 3.05) is 18.0 Å². The number of piperidine rings is 1. The van der Waals surface area contributed by atoms with Crippen LogP contribution in [-0.4, -0.2) is 44.9 Å². The molecule has 1 amide bonds. The first-order valence-corrected chi connectivity index (χ1v) is 11.0. The van der Waals surface area contributed by atoms with E-state index in [4.69, 9.17) is 9.97 Å². The van der Waals surface area contributed by atoms with E-state index >= 15 is 0 Å². The highest BCUT2D eigenvalue weighted by atomic mass is 32.1. The van der Waals surface area contributed by atoms with Gasteiger partial charge in [-0.3, -0.25) is 14.6 Å². The van der Waals surface area contributed by atoms with Crippen molar-refractivity contribution in [1.29, 1.82) is 0 Å². The van der Waals surface area contributed by atoms with E-state index in [0.717, 1.165) is 61.1 Å². The van der Waals surface area contributed by atoms with Crippen LogP contribution in [-0.2, 0) is 23.2 Å². The summed E-state index contributed by atoms with van der Waals surface area (Å²) in [6.45, 7) is 13.4. The normalized spacial score (nSPS) is 22.9. The number of rotatable bonds is 4. The summed E-state index contributed by atoms with van der Waals surface area (Å²) in [7, 11) is 0. The molecule has 2 aliphatic rings. The molecule has 1 fully saturated rings. The molecule has 2 aliphatic heterocycles. The number of amides is 1. The van der Waals surface area contributed by atoms with Crippen LogP contribution in [0.3, 0.4) is 0 Å². The fraction of sp³-hybridized carbons (Fsp3) is 0.619. The molecule has 1 atom stereocenters. The Morgan fingerprint density at radius 2 is 2.04 bits per heavy atom. The molecule has 2 aromatic heterocycles. The van der Waals surface area contributed by atoms with E-state index in [1.54, 1.807) is 11.3 Å². The van der Waals surface area contributed by atoms with Crippen LogP contribution in [0.1, 0.15) is 61.3 Å². The van der Waals surface area contributed by atoms with E-state index in [9.17, 15) is 4.79 Å². The maximum atomic E-state index is 12.5. The molecular formula is C21H29N5OS. The fourth-order valence-corrected chi connectivity index (χ4v) is 5.31. The first kappa shape index (κ1) is 19.5. The Morgan fingerprint density at radius 3 is 2.71 bits per heavy atom. The molecule has 6 nitrogen and oxygen atoms in total. The zero-order valence-corrected chi connectivity index (χ0v) is 18.3. The molecule has 0 radical (unpaired) electrons. The number of aryl methyl sites for hydroxylation is 2. The number of anilines is 1. The molecule has 0 aromatic carbocycles. The smallest absolute Gasteiger partial charge is 0.233 e. The summed E-state index contributed by atoms with van der Waals surface area (Å²) >= 11 is 1.73. The topological polar surface area (TPSA) is 62.2 Å². The molecule has 4 rings (SSSR count). The van der Waals surface area contributed by atoms with Crippen LogP contribution >= 0.6 is 11.3 Å². The molecule has 4 heterocycles. The maximum absolute atomic E-state index is 12.5. The van der Waals surface area contributed by atoms with Gasteiger partial charge in [-0.1, -0.05) is 6.92 Å². The zero-order valence-electron chi connectivity index (χ0n) is 17.4. The quantitative estimate of drug-likeness (QED) is 0.788. The summed E-state index contributed by atoms with van der Waals surface area (Å²) in [4.78, 5) is 32.4. The molecule has 28 heavy (non-hydrogen) atoms. The molecule has 0 bridgehead atoms. The van der Waals surface area contributed by atoms with E-state index in [2.05, 4.69) is 23.7 Å². The summed E-state index contributed by atoms with van der Waals surface area (Å²) in [6, 6.07) is 0.112. The van der Waals surface area contributed by atoms with E-state index in [1.807, 2.05) is 31.2 Å². The van der Waals surface area contributed by atoms with Crippen LogP contribution < -0.4 is 4.90 Å². The molecule has 0 spiro atoms. The van der Waals surface area contributed by atoms with Crippen LogP contribution in [0.25, 0.3) is 0 Å². The third-order valence-electron chi connectivity index (χ3n) is 6.06. The minimum atomic E-state index is -0.106. The molecule has 1 saturated heterocycles.